The van der Waals surface area contributed by atoms with E-state index in [0.29, 0.717) is 24.5 Å². The molecule has 0 aromatic carbocycles. The summed E-state index contributed by atoms with van der Waals surface area (Å²) in [5.74, 6) is 0.452. The number of nitrogens with zero attached hydrogens (tertiary/aromatic N) is 2. The Labute approximate surface area is 162 Å². The number of ether oxygens (including phenoxy) is 1. The van der Waals surface area contributed by atoms with Gasteiger partial charge in [0.15, 0.2) is 0 Å². The van der Waals surface area contributed by atoms with Gasteiger partial charge < -0.3 is 15.0 Å². The van der Waals surface area contributed by atoms with Crippen molar-refractivity contribution in [2.75, 3.05) is 13.2 Å². The Morgan fingerprint density at radius 3 is 3.00 bits per heavy atom. The highest BCUT2D eigenvalue weighted by atomic mass is 16.5. The number of aromatic amines is 1. The van der Waals surface area contributed by atoms with E-state index in [1.165, 1.54) is 36.9 Å². The molecule has 0 bridgehead atoms. The lowest BCUT2D eigenvalue weighted by Crippen LogP contribution is -2.52. The number of amides is 1. The topological polar surface area (TPSA) is 70.2 Å². The largest absolute Gasteiger partial charge is 0.377 e. The molecule has 1 aromatic rings. The Balaban J connectivity index is 1.38. The smallest absolute Gasteiger partial charge is 0.226 e. The summed E-state index contributed by atoms with van der Waals surface area (Å²) >= 11 is 0. The minimum atomic E-state index is 0.124. The molecule has 0 radical (unpaired) electrons. The number of aromatic nitrogens is 2. The summed E-state index contributed by atoms with van der Waals surface area (Å²) in [6.07, 6.45) is 12.1. The van der Waals surface area contributed by atoms with Gasteiger partial charge in [-0.05, 0) is 38.5 Å². The molecule has 0 saturated heterocycles. The number of nitrogens with one attached hydrogen (secondary N) is 2. The zero-order valence-electron chi connectivity index (χ0n) is 16.6. The van der Waals surface area contributed by atoms with E-state index >= 15 is 0 Å². The van der Waals surface area contributed by atoms with Gasteiger partial charge in [-0.25, -0.2) is 0 Å². The quantitative estimate of drug-likeness (QED) is 0.803. The van der Waals surface area contributed by atoms with Crippen LogP contribution in [0.3, 0.4) is 0 Å². The van der Waals surface area contributed by atoms with Crippen molar-refractivity contribution in [3.8, 4) is 0 Å². The fourth-order valence-electron chi connectivity index (χ4n) is 5.07. The predicted molar refractivity (Wildman–Crippen MR) is 104 cm³/mol. The molecule has 2 aliphatic carbocycles. The predicted octanol–water partition coefficient (Wildman–Crippen LogP) is 2.79. The lowest BCUT2D eigenvalue weighted by Gasteiger charge is -2.39. The van der Waals surface area contributed by atoms with E-state index in [0.717, 1.165) is 45.3 Å². The molecule has 0 unspecified atom stereocenters. The molecule has 3 aliphatic rings. The maximum absolute atomic E-state index is 13.2. The fraction of sp³-hybridized carbons (Fsp3) is 0.810. The summed E-state index contributed by atoms with van der Waals surface area (Å²) in [4.78, 5) is 15.3. The first kappa shape index (κ1) is 18.9. The Kier molecular flexibility index (Phi) is 6.13. The third-order valence-electron chi connectivity index (χ3n) is 6.59. The molecular weight excluding hydrogens is 340 g/mol. The molecule has 1 aromatic heterocycles. The Hall–Kier alpha value is -1.40. The second kappa shape index (κ2) is 8.74. The van der Waals surface area contributed by atoms with E-state index in [-0.39, 0.29) is 12.0 Å². The number of hydrogen-bond acceptors (Lipinski definition) is 4. The molecule has 150 valence electrons. The summed E-state index contributed by atoms with van der Waals surface area (Å²) in [5.41, 5.74) is 2.37. The highest BCUT2D eigenvalue weighted by molar-refractivity contribution is 5.79. The van der Waals surface area contributed by atoms with Crippen LogP contribution in [0.2, 0.25) is 0 Å². The van der Waals surface area contributed by atoms with Crippen LogP contribution < -0.4 is 5.32 Å². The summed E-state index contributed by atoms with van der Waals surface area (Å²) in [7, 11) is 0. The summed E-state index contributed by atoms with van der Waals surface area (Å²) in [5, 5.41) is 11.0. The van der Waals surface area contributed by atoms with Gasteiger partial charge in [-0.1, -0.05) is 19.8 Å². The molecule has 0 spiro atoms. The van der Waals surface area contributed by atoms with Gasteiger partial charge >= 0.3 is 0 Å². The standard InChI is InChI=1S/C21H34N4O2/c1-2-11-27-20-8-7-15(12-19(20)23-17-5-3-4-6-17)21(26)25-10-9-18-16(14-25)13-22-24-18/h13,15,17,19-20,23H,2-12,14H2,1H3,(H,22,24)/t15-,19+,20+/m0/s1. The van der Waals surface area contributed by atoms with Gasteiger partial charge in [0.05, 0.1) is 12.3 Å². The van der Waals surface area contributed by atoms with Crippen LogP contribution >= 0.6 is 0 Å². The molecule has 3 atom stereocenters. The average Bonchev–Trinajstić information content (AvgIpc) is 3.37. The van der Waals surface area contributed by atoms with Gasteiger partial charge in [0, 0.05) is 55.4 Å². The van der Waals surface area contributed by atoms with Crippen LogP contribution in [0, 0.1) is 5.92 Å². The van der Waals surface area contributed by atoms with Crippen LogP contribution in [0.15, 0.2) is 6.20 Å². The van der Waals surface area contributed by atoms with Gasteiger partial charge in [-0.15, -0.1) is 0 Å². The fourth-order valence-corrected chi connectivity index (χ4v) is 5.07. The normalized spacial score (nSPS) is 29.1. The first-order valence-corrected chi connectivity index (χ1v) is 10.9. The van der Waals surface area contributed by atoms with Crippen LogP contribution in [0.1, 0.15) is 69.5 Å². The van der Waals surface area contributed by atoms with E-state index in [1.807, 2.05) is 11.1 Å². The highest BCUT2D eigenvalue weighted by Crippen LogP contribution is 2.31. The first-order valence-electron chi connectivity index (χ1n) is 10.9. The van der Waals surface area contributed by atoms with Crippen LogP contribution in [-0.4, -0.2) is 52.3 Å². The first-order chi connectivity index (χ1) is 13.2. The maximum Gasteiger partial charge on any atom is 0.226 e. The number of hydrogen-bond donors (Lipinski definition) is 2. The van der Waals surface area contributed by atoms with Crippen molar-refractivity contribution in [1.29, 1.82) is 0 Å². The molecule has 1 aliphatic heterocycles. The number of carbonyl (C=O) groups excluding carboxylic acids is 1. The SMILES string of the molecule is CCCO[C@@H]1CC[C@H](C(=O)N2CCc3[nH]ncc3C2)C[C@H]1NC1CCCC1. The second-order valence-electron chi connectivity index (χ2n) is 8.56. The van der Waals surface area contributed by atoms with Crippen molar-refractivity contribution in [1.82, 2.24) is 20.4 Å². The molecule has 27 heavy (non-hydrogen) atoms. The average molecular weight is 375 g/mol. The van der Waals surface area contributed by atoms with Crippen molar-refractivity contribution in [3.05, 3.63) is 17.5 Å². The van der Waals surface area contributed by atoms with Crippen molar-refractivity contribution in [3.63, 3.8) is 0 Å². The third-order valence-corrected chi connectivity index (χ3v) is 6.59. The van der Waals surface area contributed by atoms with Gasteiger partial charge in [-0.2, -0.15) is 5.10 Å². The number of rotatable bonds is 6. The number of H-pyrrole nitrogens is 1. The van der Waals surface area contributed by atoms with Crippen molar-refractivity contribution < 1.29 is 9.53 Å². The minimum Gasteiger partial charge on any atom is -0.377 e. The van der Waals surface area contributed by atoms with Crippen LogP contribution in [0.25, 0.3) is 0 Å². The van der Waals surface area contributed by atoms with E-state index < -0.39 is 0 Å². The van der Waals surface area contributed by atoms with Gasteiger partial charge in [0.1, 0.15) is 0 Å². The lowest BCUT2D eigenvalue weighted by molar-refractivity contribution is -0.139. The minimum absolute atomic E-state index is 0.124. The molecule has 2 saturated carbocycles. The monoisotopic (exact) mass is 374 g/mol. The lowest BCUT2D eigenvalue weighted by atomic mass is 9.82. The number of carbonyl (C=O) groups is 1. The molecule has 2 fully saturated rings. The molecule has 6 heteroatoms. The third kappa shape index (κ3) is 4.37. The highest BCUT2D eigenvalue weighted by Gasteiger charge is 2.38. The maximum atomic E-state index is 13.2. The van der Waals surface area contributed by atoms with Crippen LogP contribution in [0.4, 0.5) is 0 Å². The van der Waals surface area contributed by atoms with Crippen molar-refractivity contribution in [2.45, 2.75) is 89.4 Å². The van der Waals surface area contributed by atoms with Crippen LogP contribution in [0.5, 0.6) is 0 Å². The van der Waals surface area contributed by atoms with E-state index in [4.69, 9.17) is 4.74 Å². The molecule has 2 N–H and O–H groups in total. The molecule has 6 nitrogen and oxygen atoms in total. The van der Waals surface area contributed by atoms with E-state index in [9.17, 15) is 4.79 Å². The Bertz CT molecular complexity index is 625. The Morgan fingerprint density at radius 1 is 1.33 bits per heavy atom. The van der Waals surface area contributed by atoms with E-state index in [2.05, 4.69) is 22.4 Å². The second-order valence-corrected chi connectivity index (χ2v) is 8.56. The molecule has 4 rings (SSSR count). The summed E-state index contributed by atoms with van der Waals surface area (Å²) in [6.45, 7) is 4.50. The van der Waals surface area contributed by atoms with Gasteiger partial charge in [0.2, 0.25) is 5.91 Å². The molecular formula is C21H34N4O2. The summed E-state index contributed by atoms with van der Waals surface area (Å²) < 4.78 is 6.16. The van der Waals surface area contributed by atoms with Gasteiger partial charge in [-0.3, -0.25) is 9.89 Å². The van der Waals surface area contributed by atoms with E-state index in [1.54, 1.807) is 0 Å². The number of fused-ring (bicyclic) bond motifs is 1. The Morgan fingerprint density at radius 2 is 2.19 bits per heavy atom. The van der Waals surface area contributed by atoms with Crippen molar-refractivity contribution >= 4 is 5.91 Å². The zero-order valence-corrected chi connectivity index (χ0v) is 16.6. The van der Waals surface area contributed by atoms with Crippen LogP contribution in [-0.2, 0) is 22.5 Å². The van der Waals surface area contributed by atoms with Gasteiger partial charge in [0.25, 0.3) is 0 Å². The zero-order chi connectivity index (χ0) is 18.6. The van der Waals surface area contributed by atoms with Crippen molar-refractivity contribution in [2.24, 2.45) is 5.92 Å². The molecule has 1 amide bonds. The molecule has 2 heterocycles. The summed E-state index contributed by atoms with van der Waals surface area (Å²) in [6, 6.07) is 0.927.